The lowest BCUT2D eigenvalue weighted by Gasteiger charge is -2.18. The van der Waals surface area contributed by atoms with Gasteiger partial charge in [0.05, 0.1) is 4.90 Å². The van der Waals surface area contributed by atoms with E-state index in [0.717, 1.165) is 3.57 Å². The zero-order valence-corrected chi connectivity index (χ0v) is 16.5. The second kappa shape index (κ2) is 8.09. The maximum absolute atomic E-state index is 12.4. The van der Waals surface area contributed by atoms with Gasteiger partial charge in [-0.05, 0) is 71.1 Å². The van der Waals surface area contributed by atoms with Crippen LogP contribution in [0.4, 0.5) is 5.69 Å². The fourth-order valence-corrected chi connectivity index (χ4v) is 4.04. The molecule has 128 valence electrons. The molecule has 0 saturated carbocycles. The van der Waals surface area contributed by atoms with Crippen LogP contribution in [0.5, 0.6) is 0 Å². The average Bonchev–Trinajstić information content (AvgIpc) is 2.58. The van der Waals surface area contributed by atoms with E-state index in [2.05, 4.69) is 27.9 Å². The minimum Gasteiger partial charge on any atom is -0.322 e. The van der Waals surface area contributed by atoms with Crippen molar-refractivity contribution in [2.75, 3.05) is 18.4 Å². The Morgan fingerprint density at radius 1 is 1.00 bits per heavy atom. The van der Waals surface area contributed by atoms with Crippen LogP contribution in [0.15, 0.2) is 53.4 Å². The molecular formula is C17H19IN2O3S. The fourth-order valence-electron chi connectivity index (χ4n) is 2.23. The number of sulfonamides is 1. The maximum atomic E-state index is 12.4. The predicted octanol–water partition coefficient (Wildman–Crippen LogP) is 3.57. The normalized spacial score (nSPS) is 11.5. The third-order valence-corrected chi connectivity index (χ3v) is 6.35. The van der Waals surface area contributed by atoms with E-state index in [-0.39, 0.29) is 10.8 Å². The number of nitrogens with one attached hydrogen (secondary N) is 1. The Morgan fingerprint density at radius 3 is 2.04 bits per heavy atom. The van der Waals surface area contributed by atoms with Crippen molar-refractivity contribution in [3.05, 3.63) is 57.7 Å². The van der Waals surface area contributed by atoms with Gasteiger partial charge >= 0.3 is 0 Å². The summed E-state index contributed by atoms with van der Waals surface area (Å²) in [5.41, 5.74) is 1.10. The second-order valence-electron chi connectivity index (χ2n) is 5.07. The molecule has 0 aliphatic carbocycles. The van der Waals surface area contributed by atoms with Gasteiger partial charge in [-0.2, -0.15) is 4.31 Å². The highest BCUT2D eigenvalue weighted by Gasteiger charge is 2.21. The summed E-state index contributed by atoms with van der Waals surface area (Å²) >= 11 is 2.19. The Labute approximate surface area is 156 Å². The van der Waals surface area contributed by atoms with Crippen molar-refractivity contribution in [1.29, 1.82) is 0 Å². The van der Waals surface area contributed by atoms with Crippen LogP contribution in [0.2, 0.25) is 0 Å². The summed E-state index contributed by atoms with van der Waals surface area (Å²) in [5.74, 6) is -0.275. The van der Waals surface area contributed by atoms with E-state index >= 15 is 0 Å². The van der Waals surface area contributed by atoms with Gasteiger partial charge in [-0.25, -0.2) is 8.42 Å². The minimum atomic E-state index is -3.51. The molecule has 0 radical (unpaired) electrons. The van der Waals surface area contributed by atoms with E-state index in [4.69, 9.17) is 0 Å². The topological polar surface area (TPSA) is 66.5 Å². The van der Waals surface area contributed by atoms with E-state index in [1.807, 2.05) is 24.3 Å². The monoisotopic (exact) mass is 458 g/mol. The standard InChI is InChI=1S/C17H19IN2O3S/c1-3-20(4-2)24(22,23)16-11-5-13(6-12-16)17(21)19-15-9-7-14(18)8-10-15/h5-12H,3-4H2,1-2H3,(H,19,21). The average molecular weight is 458 g/mol. The van der Waals surface area contributed by atoms with Gasteiger partial charge in [0.25, 0.3) is 5.91 Å². The molecule has 1 N–H and O–H groups in total. The van der Waals surface area contributed by atoms with Crippen LogP contribution in [0.1, 0.15) is 24.2 Å². The number of benzene rings is 2. The molecule has 0 atom stereocenters. The van der Waals surface area contributed by atoms with Crippen molar-refractivity contribution in [1.82, 2.24) is 4.31 Å². The molecule has 0 aromatic heterocycles. The number of amides is 1. The van der Waals surface area contributed by atoms with Crippen LogP contribution >= 0.6 is 22.6 Å². The molecule has 0 heterocycles. The zero-order chi connectivity index (χ0) is 17.7. The first-order valence-corrected chi connectivity index (χ1v) is 10.1. The molecule has 2 rings (SSSR count). The van der Waals surface area contributed by atoms with Crippen molar-refractivity contribution in [3.8, 4) is 0 Å². The second-order valence-corrected chi connectivity index (χ2v) is 8.26. The quantitative estimate of drug-likeness (QED) is 0.674. The number of hydrogen-bond acceptors (Lipinski definition) is 3. The van der Waals surface area contributed by atoms with E-state index in [9.17, 15) is 13.2 Å². The first kappa shape index (κ1) is 18.9. The Morgan fingerprint density at radius 2 is 1.54 bits per heavy atom. The molecule has 0 unspecified atom stereocenters. The number of hydrogen-bond donors (Lipinski definition) is 1. The smallest absolute Gasteiger partial charge is 0.255 e. The molecule has 1 amide bonds. The van der Waals surface area contributed by atoms with Crippen molar-refractivity contribution >= 4 is 44.2 Å². The number of anilines is 1. The molecule has 0 bridgehead atoms. The van der Waals surface area contributed by atoms with Crippen molar-refractivity contribution in [2.45, 2.75) is 18.7 Å². The maximum Gasteiger partial charge on any atom is 0.255 e. The number of halogens is 1. The first-order valence-electron chi connectivity index (χ1n) is 7.55. The van der Waals surface area contributed by atoms with Crippen LogP contribution in [0.3, 0.4) is 0 Å². The minimum absolute atomic E-state index is 0.192. The molecule has 0 aliphatic rings. The Hall–Kier alpha value is -1.45. The van der Waals surface area contributed by atoms with E-state index in [0.29, 0.717) is 24.3 Å². The number of carbonyl (C=O) groups excluding carboxylic acids is 1. The lowest BCUT2D eigenvalue weighted by Crippen LogP contribution is -2.30. The predicted molar refractivity (Wildman–Crippen MR) is 104 cm³/mol. The van der Waals surface area contributed by atoms with Crippen LogP contribution in [-0.2, 0) is 10.0 Å². The van der Waals surface area contributed by atoms with Crippen LogP contribution in [0.25, 0.3) is 0 Å². The summed E-state index contributed by atoms with van der Waals surface area (Å²) in [6.07, 6.45) is 0. The van der Waals surface area contributed by atoms with Crippen molar-refractivity contribution in [2.24, 2.45) is 0 Å². The van der Waals surface area contributed by atoms with Gasteiger partial charge in [-0.3, -0.25) is 4.79 Å². The summed E-state index contributed by atoms with van der Waals surface area (Å²) in [7, 11) is -3.51. The molecule has 24 heavy (non-hydrogen) atoms. The van der Waals surface area contributed by atoms with E-state index in [1.54, 1.807) is 13.8 Å². The van der Waals surface area contributed by atoms with Gasteiger partial charge in [0.2, 0.25) is 10.0 Å². The van der Waals surface area contributed by atoms with E-state index in [1.165, 1.54) is 28.6 Å². The molecule has 0 fully saturated rings. The zero-order valence-electron chi connectivity index (χ0n) is 13.5. The van der Waals surface area contributed by atoms with Gasteiger partial charge in [0, 0.05) is 27.9 Å². The summed E-state index contributed by atoms with van der Waals surface area (Å²) in [4.78, 5) is 12.4. The molecular weight excluding hydrogens is 439 g/mol. The lowest BCUT2D eigenvalue weighted by molar-refractivity contribution is 0.102. The highest BCUT2D eigenvalue weighted by atomic mass is 127. The fraction of sp³-hybridized carbons (Fsp3) is 0.235. The highest BCUT2D eigenvalue weighted by molar-refractivity contribution is 14.1. The summed E-state index contributed by atoms with van der Waals surface area (Å²) in [5, 5.41) is 2.79. The lowest BCUT2D eigenvalue weighted by atomic mass is 10.2. The first-order chi connectivity index (χ1) is 11.4. The summed E-state index contributed by atoms with van der Waals surface area (Å²) in [6.45, 7) is 4.41. The van der Waals surface area contributed by atoms with Crippen molar-refractivity contribution < 1.29 is 13.2 Å². The van der Waals surface area contributed by atoms with E-state index < -0.39 is 10.0 Å². The third kappa shape index (κ3) is 4.34. The largest absolute Gasteiger partial charge is 0.322 e. The SMILES string of the molecule is CCN(CC)S(=O)(=O)c1ccc(C(=O)Nc2ccc(I)cc2)cc1. The van der Waals surface area contributed by atoms with Crippen LogP contribution in [-0.4, -0.2) is 31.7 Å². The molecule has 2 aromatic carbocycles. The molecule has 0 saturated heterocycles. The van der Waals surface area contributed by atoms with Gasteiger partial charge in [-0.15, -0.1) is 0 Å². The molecule has 0 aliphatic heterocycles. The number of nitrogens with zero attached hydrogens (tertiary/aromatic N) is 1. The number of carbonyl (C=O) groups is 1. The molecule has 0 spiro atoms. The number of rotatable bonds is 6. The third-order valence-electron chi connectivity index (χ3n) is 3.56. The van der Waals surface area contributed by atoms with Crippen molar-refractivity contribution in [3.63, 3.8) is 0 Å². The van der Waals surface area contributed by atoms with Gasteiger partial charge in [-0.1, -0.05) is 13.8 Å². The Kier molecular flexibility index (Phi) is 6.36. The molecule has 7 heteroatoms. The molecule has 2 aromatic rings. The summed E-state index contributed by atoms with van der Waals surface area (Å²) in [6, 6.07) is 13.4. The summed E-state index contributed by atoms with van der Waals surface area (Å²) < 4.78 is 27.3. The van der Waals surface area contributed by atoms with Gasteiger partial charge < -0.3 is 5.32 Å². The van der Waals surface area contributed by atoms with Crippen LogP contribution in [0, 0.1) is 3.57 Å². The van der Waals surface area contributed by atoms with Crippen LogP contribution < -0.4 is 5.32 Å². The van der Waals surface area contributed by atoms with Gasteiger partial charge in [0.15, 0.2) is 0 Å². The molecule has 5 nitrogen and oxygen atoms in total. The van der Waals surface area contributed by atoms with Gasteiger partial charge in [0.1, 0.15) is 0 Å². The Balaban J connectivity index is 2.16. The highest BCUT2D eigenvalue weighted by Crippen LogP contribution is 2.17. The Bertz CT molecular complexity index is 799.